The van der Waals surface area contributed by atoms with Crippen LogP contribution >= 0.6 is 11.8 Å². The van der Waals surface area contributed by atoms with E-state index in [2.05, 4.69) is 35.8 Å². The molecule has 0 aliphatic carbocycles. The van der Waals surface area contributed by atoms with E-state index in [0.29, 0.717) is 5.41 Å². The summed E-state index contributed by atoms with van der Waals surface area (Å²) in [7, 11) is 0. The standard InChI is InChI=1S/C13H26N2S/c1-3-16-10-12(2)15-9-6-13(11-15)4-7-14-8-5-13/h12,14H,3-11H2,1-2H3/t12-/m0/s1. The van der Waals surface area contributed by atoms with Gasteiger partial charge < -0.3 is 5.32 Å². The third-order valence-electron chi connectivity index (χ3n) is 4.32. The van der Waals surface area contributed by atoms with Crippen molar-refractivity contribution in [2.24, 2.45) is 5.41 Å². The third kappa shape index (κ3) is 2.93. The molecule has 2 saturated heterocycles. The van der Waals surface area contributed by atoms with Crippen LogP contribution in [0.25, 0.3) is 0 Å². The Bertz CT molecular complexity index is 214. The van der Waals surface area contributed by atoms with Crippen molar-refractivity contribution in [1.29, 1.82) is 0 Å². The highest BCUT2D eigenvalue weighted by Gasteiger charge is 2.39. The van der Waals surface area contributed by atoms with Crippen LogP contribution in [0.4, 0.5) is 0 Å². The van der Waals surface area contributed by atoms with Gasteiger partial charge in [-0.1, -0.05) is 6.92 Å². The van der Waals surface area contributed by atoms with Crippen molar-refractivity contribution in [1.82, 2.24) is 10.2 Å². The first-order chi connectivity index (χ1) is 7.76. The number of nitrogens with zero attached hydrogens (tertiary/aromatic N) is 1. The Morgan fingerprint density at radius 2 is 2.06 bits per heavy atom. The van der Waals surface area contributed by atoms with Crippen LogP contribution in [0.15, 0.2) is 0 Å². The molecule has 0 unspecified atom stereocenters. The van der Waals surface area contributed by atoms with E-state index in [-0.39, 0.29) is 0 Å². The number of rotatable bonds is 4. The molecular weight excluding hydrogens is 216 g/mol. The SMILES string of the molecule is CCSC[C@H](C)N1CCC2(CCNCC2)C1. The first-order valence-corrected chi connectivity index (χ1v) is 7.94. The van der Waals surface area contributed by atoms with Crippen LogP contribution in [0.5, 0.6) is 0 Å². The fourth-order valence-electron chi connectivity index (χ4n) is 3.10. The molecule has 0 saturated carbocycles. The maximum atomic E-state index is 3.49. The molecule has 2 rings (SSSR count). The van der Waals surface area contributed by atoms with E-state index >= 15 is 0 Å². The summed E-state index contributed by atoms with van der Waals surface area (Å²) < 4.78 is 0. The smallest absolute Gasteiger partial charge is 0.0158 e. The number of hydrogen-bond donors (Lipinski definition) is 1. The fraction of sp³-hybridized carbons (Fsp3) is 1.00. The normalized spacial score (nSPS) is 27.4. The minimum absolute atomic E-state index is 0.677. The van der Waals surface area contributed by atoms with E-state index in [4.69, 9.17) is 0 Å². The van der Waals surface area contributed by atoms with Gasteiger partial charge in [0.05, 0.1) is 0 Å². The summed E-state index contributed by atoms with van der Waals surface area (Å²) in [5.41, 5.74) is 0.677. The number of hydrogen-bond acceptors (Lipinski definition) is 3. The molecule has 3 heteroatoms. The van der Waals surface area contributed by atoms with Crippen molar-refractivity contribution in [2.45, 2.75) is 39.2 Å². The highest BCUT2D eigenvalue weighted by Crippen LogP contribution is 2.39. The average molecular weight is 242 g/mol. The second kappa shape index (κ2) is 5.74. The fourth-order valence-corrected chi connectivity index (χ4v) is 3.89. The van der Waals surface area contributed by atoms with Crippen molar-refractivity contribution in [3.63, 3.8) is 0 Å². The van der Waals surface area contributed by atoms with Crippen LogP contribution in [0.2, 0.25) is 0 Å². The number of thioether (sulfide) groups is 1. The Labute approximate surface area is 105 Å². The monoisotopic (exact) mass is 242 g/mol. The predicted octanol–water partition coefficient (Wildman–Crippen LogP) is 2.20. The lowest BCUT2D eigenvalue weighted by Gasteiger charge is -2.35. The summed E-state index contributed by atoms with van der Waals surface area (Å²) in [5, 5.41) is 3.49. The summed E-state index contributed by atoms with van der Waals surface area (Å²) in [4.78, 5) is 2.73. The molecule has 0 radical (unpaired) electrons. The van der Waals surface area contributed by atoms with Crippen LogP contribution in [-0.2, 0) is 0 Å². The lowest BCUT2D eigenvalue weighted by Crippen LogP contribution is -2.40. The van der Waals surface area contributed by atoms with Crippen molar-refractivity contribution in [3.8, 4) is 0 Å². The van der Waals surface area contributed by atoms with Crippen LogP contribution in [0.3, 0.4) is 0 Å². The summed E-state index contributed by atoms with van der Waals surface area (Å²) >= 11 is 2.08. The molecule has 0 bridgehead atoms. The van der Waals surface area contributed by atoms with Gasteiger partial charge in [-0.2, -0.15) is 11.8 Å². The molecule has 0 aromatic carbocycles. The summed E-state index contributed by atoms with van der Waals surface area (Å²) in [6.07, 6.45) is 4.24. The van der Waals surface area contributed by atoms with Gasteiger partial charge in [0.25, 0.3) is 0 Å². The topological polar surface area (TPSA) is 15.3 Å². The van der Waals surface area contributed by atoms with Crippen LogP contribution < -0.4 is 5.32 Å². The van der Waals surface area contributed by atoms with Crippen molar-refractivity contribution >= 4 is 11.8 Å². The Hall–Kier alpha value is 0.270. The van der Waals surface area contributed by atoms with Gasteiger partial charge >= 0.3 is 0 Å². The Morgan fingerprint density at radius 3 is 2.75 bits per heavy atom. The lowest BCUT2D eigenvalue weighted by molar-refractivity contribution is 0.181. The highest BCUT2D eigenvalue weighted by molar-refractivity contribution is 7.99. The molecule has 94 valence electrons. The largest absolute Gasteiger partial charge is 0.317 e. The summed E-state index contributed by atoms with van der Waals surface area (Å²) in [5.74, 6) is 2.57. The molecule has 2 aliphatic rings. The van der Waals surface area contributed by atoms with Gasteiger partial charge in [-0.15, -0.1) is 0 Å². The minimum Gasteiger partial charge on any atom is -0.317 e. The van der Waals surface area contributed by atoms with E-state index < -0.39 is 0 Å². The van der Waals surface area contributed by atoms with E-state index in [1.54, 1.807) is 0 Å². The first-order valence-electron chi connectivity index (χ1n) is 6.78. The average Bonchev–Trinajstić information content (AvgIpc) is 2.71. The summed E-state index contributed by atoms with van der Waals surface area (Å²) in [6.45, 7) is 9.85. The van der Waals surface area contributed by atoms with Crippen LogP contribution in [0.1, 0.15) is 33.1 Å². The van der Waals surface area contributed by atoms with E-state index in [9.17, 15) is 0 Å². The molecule has 1 spiro atoms. The number of nitrogens with one attached hydrogen (secondary N) is 1. The molecule has 2 nitrogen and oxygen atoms in total. The number of piperidine rings is 1. The van der Waals surface area contributed by atoms with E-state index in [1.807, 2.05) is 0 Å². The van der Waals surface area contributed by atoms with Gasteiger partial charge in [0, 0.05) is 18.3 Å². The molecule has 2 heterocycles. The second-order valence-electron chi connectivity index (χ2n) is 5.48. The molecule has 2 fully saturated rings. The van der Waals surface area contributed by atoms with Gasteiger partial charge in [0.15, 0.2) is 0 Å². The molecular formula is C13H26N2S. The zero-order valence-corrected chi connectivity index (χ0v) is 11.6. The van der Waals surface area contributed by atoms with Gasteiger partial charge in [-0.25, -0.2) is 0 Å². The highest BCUT2D eigenvalue weighted by atomic mass is 32.2. The molecule has 1 N–H and O–H groups in total. The molecule has 1 atom stereocenters. The van der Waals surface area contributed by atoms with Crippen LogP contribution in [0, 0.1) is 5.41 Å². The zero-order chi connectivity index (χ0) is 11.4. The van der Waals surface area contributed by atoms with Gasteiger partial charge in [-0.05, 0) is 57.0 Å². The van der Waals surface area contributed by atoms with Crippen molar-refractivity contribution in [3.05, 3.63) is 0 Å². The molecule has 2 aliphatic heterocycles. The van der Waals surface area contributed by atoms with Gasteiger partial charge in [0.1, 0.15) is 0 Å². The Kier molecular flexibility index (Phi) is 4.57. The quantitative estimate of drug-likeness (QED) is 0.814. The maximum absolute atomic E-state index is 3.49. The van der Waals surface area contributed by atoms with Crippen molar-refractivity contribution < 1.29 is 0 Å². The van der Waals surface area contributed by atoms with Gasteiger partial charge in [0.2, 0.25) is 0 Å². The first kappa shape index (κ1) is 12.7. The molecule has 0 amide bonds. The van der Waals surface area contributed by atoms with E-state index in [1.165, 1.54) is 56.9 Å². The summed E-state index contributed by atoms with van der Waals surface area (Å²) in [6, 6.07) is 0.777. The second-order valence-corrected chi connectivity index (χ2v) is 6.80. The Balaban J connectivity index is 1.82. The minimum atomic E-state index is 0.677. The molecule has 16 heavy (non-hydrogen) atoms. The lowest BCUT2D eigenvalue weighted by atomic mass is 9.78. The maximum Gasteiger partial charge on any atom is 0.0158 e. The predicted molar refractivity (Wildman–Crippen MR) is 73.2 cm³/mol. The number of likely N-dealkylation sites (tertiary alicyclic amines) is 1. The van der Waals surface area contributed by atoms with Gasteiger partial charge in [-0.3, -0.25) is 4.90 Å². The van der Waals surface area contributed by atoms with Crippen LogP contribution in [-0.4, -0.2) is 48.6 Å². The molecule has 0 aromatic rings. The Morgan fingerprint density at radius 1 is 1.31 bits per heavy atom. The van der Waals surface area contributed by atoms with Crippen molar-refractivity contribution in [2.75, 3.05) is 37.7 Å². The third-order valence-corrected chi connectivity index (χ3v) is 5.44. The van der Waals surface area contributed by atoms with E-state index in [0.717, 1.165) is 6.04 Å². The molecule has 0 aromatic heterocycles. The zero-order valence-electron chi connectivity index (χ0n) is 10.8.